The van der Waals surface area contributed by atoms with Gasteiger partial charge in [0.15, 0.2) is 0 Å². The van der Waals surface area contributed by atoms with E-state index in [9.17, 15) is 19.1 Å². The number of amides is 1. The molecule has 0 atom stereocenters. The number of aromatic nitrogens is 1. The number of fused-ring (bicyclic) bond motifs is 1. The Balaban J connectivity index is 1.55. The standard InChI is InChI=1S/C35H43FN4O3/c1-22-16-29(36)9-8-27(22)20-39-13-10-25-17-26(6-7-28(25)21-39)33-31(19-37-24(3)41)38-23(2)30(18-32(42)43)34(33)40-14-11-35(4,5)12-15-40/h6-9,16-17H,10-15,18-21H2,1-5H3,(H,37,41)(H,42,43). The summed E-state index contributed by atoms with van der Waals surface area (Å²) in [6.07, 6.45) is 2.78. The van der Waals surface area contributed by atoms with Gasteiger partial charge in [-0.2, -0.15) is 0 Å². The van der Waals surface area contributed by atoms with Gasteiger partial charge < -0.3 is 15.3 Å². The lowest BCUT2D eigenvalue weighted by Gasteiger charge is -2.40. The van der Waals surface area contributed by atoms with Gasteiger partial charge in [0, 0.05) is 56.5 Å². The number of nitrogens with zero attached hydrogens (tertiary/aromatic N) is 3. The molecule has 2 aliphatic rings. The summed E-state index contributed by atoms with van der Waals surface area (Å²) in [5.41, 5.74) is 9.90. The lowest BCUT2D eigenvalue weighted by Crippen LogP contribution is -2.38. The fourth-order valence-corrected chi connectivity index (χ4v) is 6.45. The van der Waals surface area contributed by atoms with Crippen molar-refractivity contribution in [2.24, 2.45) is 5.41 Å². The van der Waals surface area contributed by atoms with Crippen LogP contribution in [-0.2, 0) is 42.1 Å². The first-order valence-electron chi connectivity index (χ1n) is 15.2. The van der Waals surface area contributed by atoms with Crippen molar-refractivity contribution in [2.45, 2.75) is 79.9 Å². The van der Waals surface area contributed by atoms with Crippen molar-refractivity contribution >= 4 is 17.6 Å². The van der Waals surface area contributed by atoms with Crippen LogP contribution in [0.25, 0.3) is 11.1 Å². The third kappa shape index (κ3) is 7.07. The van der Waals surface area contributed by atoms with Gasteiger partial charge in [-0.05, 0) is 78.5 Å². The number of carboxylic acids is 1. The Bertz CT molecular complexity index is 1540. The van der Waals surface area contributed by atoms with Crippen LogP contribution in [0.4, 0.5) is 10.1 Å². The maximum atomic E-state index is 13.6. The van der Waals surface area contributed by atoms with E-state index in [1.165, 1.54) is 24.1 Å². The molecule has 0 bridgehead atoms. The van der Waals surface area contributed by atoms with E-state index >= 15 is 0 Å². The van der Waals surface area contributed by atoms with E-state index < -0.39 is 5.97 Å². The van der Waals surface area contributed by atoms with E-state index in [1.54, 1.807) is 6.07 Å². The summed E-state index contributed by atoms with van der Waals surface area (Å²) in [6, 6.07) is 11.5. The van der Waals surface area contributed by atoms with Crippen molar-refractivity contribution in [1.82, 2.24) is 15.2 Å². The van der Waals surface area contributed by atoms with Crippen molar-refractivity contribution in [3.05, 3.63) is 81.4 Å². The number of rotatable bonds is 8. The van der Waals surface area contributed by atoms with Gasteiger partial charge in [-0.3, -0.25) is 19.5 Å². The van der Waals surface area contributed by atoms with Crippen LogP contribution in [0.3, 0.4) is 0 Å². The number of pyridine rings is 1. The number of aliphatic carboxylic acids is 1. The van der Waals surface area contributed by atoms with Gasteiger partial charge in [0.2, 0.25) is 5.91 Å². The molecule has 1 fully saturated rings. The van der Waals surface area contributed by atoms with Gasteiger partial charge in [-0.15, -0.1) is 0 Å². The molecule has 0 radical (unpaired) electrons. The number of hydrogen-bond acceptors (Lipinski definition) is 5. The zero-order chi connectivity index (χ0) is 30.9. The number of carbonyl (C=O) groups excluding carboxylic acids is 1. The molecule has 2 aliphatic heterocycles. The van der Waals surface area contributed by atoms with Gasteiger partial charge in [-0.25, -0.2) is 4.39 Å². The van der Waals surface area contributed by atoms with E-state index in [0.717, 1.165) is 91.2 Å². The van der Waals surface area contributed by atoms with Crippen LogP contribution in [-0.4, -0.2) is 46.5 Å². The highest BCUT2D eigenvalue weighted by molar-refractivity contribution is 5.87. The third-order valence-electron chi connectivity index (χ3n) is 9.10. The summed E-state index contributed by atoms with van der Waals surface area (Å²) in [5, 5.41) is 12.8. The van der Waals surface area contributed by atoms with Gasteiger partial charge in [-0.1, -0.05) is 38.1 Å². The minimum Gasteiger partial charge on any atom is -0.481 e. The minimum absolute atomic E-state index is 0.107. The summed E-state index contributed by atoms with van der Waals surface area (Å²) in [4.78, 5) is 33.7. The number of aryl methyl sites for hydroxylation is 2. The number of hydrogen-bond donors (Lipinski definition) is 2. The molecule has 43 heavy (non-hydrogen) atoms. The molecule has 8 heteroatoms. The molecule has 1 aromatic heterocycles. The monoisotopic (exact) mass is 586 g/mol. The molecular formula is C35H43FN4O3. The van der Waals surface area contributed by atoms with Crippen LogP contribution < -0.4 is 10.2 Å². The van der Waals surface area contributed by atoms with Gasteiger partial charge in [0.1, 0.15) is 5.82 Å². The summed E-state index contributed by atoms with van der Waals surface area (Å²) in [6.45, 7) is 14.3. The maximum absolute atomic E-state index is 13.6. The van der Waals surface area contributed by atoms with Crippen molar-refractivity contribution in [1.29, 1.82) is 0 Å². The van der Waals surface area contributed by atoms with Crippen LogP contribution in [0.5, 0.6) is 0 Å². The predicted molar refractivity (Wildman–Crippen MR) is 167 cm³/mol. The van der Waals surface area contributed by atoms with E-state index in [2.05, 4.69) is 47.2 Å². The van der Waals surface area contributed by atoms with Crippen LogP contribution in [0.2, 0.25) is 0 Å². The highest BCUT2D eigenvalue weighted by Gasteiger charge is 2.31. The Kier molecular flexibility index (Phi) is 8.88. The van der Waals surface area contributed by atoms with E-state index in [4.69, 9.17) is 4.98 Å². The maximum Gasteiger partial charge on any atom is 0.307 e. The number of halogens is 1. The number of carbonyl (C=O) groups is 2. The lowest BCUT2D eigenvalue weighted by molar-refractivity contribution is -0.136. The Hall–Kier alpha value is -3.78. The number of anilines is 1. The quantitative estimate of drug-likeness (QED) is 0.339. The molecule has 1 amide bonds. The van der Waals surface area contributed by atoms with E-state index in [-0.39, 0.29) is 30.1 Å². The van der Waals surface area contributed by atoms with Crippen LogP contribution >= 0.6 is 0 Å². The summed E-state index contributed by atoms with van der Waals surface area (Å²) < 4.78 is 13.6. The van der Waals surface area contributed by atoms with Gasteiger partial charge in [0.25, 0.3) is 0 Å². The fraction of sp³-hybridized carbons (Fsp3) is 0.457. The van der Waals surface area contributed by atoms with Crippen molar-refractivity contribution in [2.75, 3.05) is 24.5 Å². The normalized spacial score (nSPS) is 16.6. The van der Waals surface area contributed by atoms with Crippen LogP contribution in [0, 0.1) is 25.1 Å². The first kappa shape index (κ1) is 30.7. The molecule has 5 rings (SSSR count). The van der Waals surface area contributed by atoms with Crippen LogP contribution in [0.15, 0.2) is 36.4 Å². The molecule has 2 aromatic carbocycles. The number of piperidine rings is 1. The van der Waals surface area contributed by atoms with Crippen molar-refractivity contribution in [3.8, 4) is 11.1 Å². The fourth-order valence-electron chi connectivity index (χ4n) is 6.45. The van der Waals surface area contributed by atoms with E-state index in [1.807, 2.05) is 19.9 Å². The SMILES string of the molecule is CC(=O)NCc1nc(C)c(CC(=O)O)c(N2CCC(C)(C)CC2)c1-c1ccc2c(c1)CCN(Cc1ccc(F)cc1C)C2. The third-order valence-corrected chi connectivity index (χ3v) is 9.10. The minimum atomic E-state index is -0.883. The summed E-state index contributed by atoms with van der Waals surface area (Å²) in [7, 11) is 0. The topological polar surface area (TPSA) is 85.8 Å². The number of nitrogens with one attached hydrogen (secondary N) is 1. The lowest BCUT2D eigenvalue weighted by atomic mass is 9.81. The molecular weight excluding hydrogens is 543 g/mol. The molecule has 228 valence electrons. The van der Waals surface area contributed by atoms with Gasteiger partial charge >= 0.3 is 5.97 Å². The largest absolute Gasteiger partial charge is 0.481 e. The van der Waals surface area contributed by atoms with Crippen molar-refractivity contribution < 1.29 is 19.1 Å². The second-order valence-corrected chi connectivity index (χ2v) is 13.0. The highest BCUT2D eigenvalue weighted by atomic mass is 19.1. The zero-order valence-electron chi connectivity index (χ0n) is 26.0. The summed E-state index contributed by atoms with van der Waals surface area (Å²) in [5.74, 6) is -1.23. The van der Waals surface area contributed by atoms with Crippen molar-refractivity contribution in [3.63, 3.8) is 0 Å². The van der Waals surface area contributed by atoms with Crippen LogP contribution in [0.1, 0.15) is 72.8 Å². The van der Waals surface area contributed by atoms with Gasteiger partial charge in [0.05, 0.1) is 24.3 Å². The molecule has 0 saturated carbocycles. The molecule has 3 aromatic rings. The average molecular weight is 587 g/mol. The highest BCUT2D eigenvalue weighted by Crippen LogP contribution is 2.42. The smallest absolute Gasteiger partial charge is 0.307 e. The number of benzene rings is 2. The first-order chi connectivity index (χ1) is 20.4. The Morgan fingerprint density at radius 2 is 1.79 bits per heavy atom. The predicted octanol–water partition coefficient (Wildman–Crippen LogP) is 5.95. The molecule has 1 saturated heterocycles. The zero-order valence-corrected chi connectivity index (χ0v) is 26.0. The first-order valence-corrected chi connectivity index (χ1v) is 15.2. The molecule has 0 aliphatic carbocycles. The molecule has 3 heterocycles. The number of carboxylic acid groups (broad SMARTS) is 1. The molecule has 0 spiro atoms. The second-order valence-electron chi connectivity index (χ2n) is 13.0. The Morgan fingerprint density at radius 3 is 2.47 bits per heavy atom. The molecule has 2 N–H and O–H groups in total. The Labute approximate surface area is 254 Å². The molecule has 7 nitrogen and oxygen atoms in total. The van der Waals surface area contributed by atoms with E-state index in [0.29, 0.717) is 5.69 Å². The second kappa shape index (κ2) is 12.4. The Morgan fingerprint density at radius 1 is 1.05 bits per heavy atom. The average Bonchev–Trinajstić information content (AvgIpc) is 2.94. The summed E-state index contributed by atoms with van der Waals surface area (Å²) >= 11 is 0. The molecule has 0 unspecified atom stereocenters.